The summed E-state index contributed by atoms with van der Waals surface area (Å²) in [7, 11) is 0. The average Bonchev–Trinajstić information content (AvgIpc) is 2.77. The van der Waals surface area contributed by atoms with E-state index in [1.807, 2.05) is 6.92 Å². The first kappa shape index (κ1) is 13.7. The van der Waals surface area contributed by atoms with E-state index in [-0.39, 0.29) is 11.8 Å². The fraction of sp³-hybridized carbons (Fsp3) is 0.500. The number of hydrazone groups is 1. The predicted molar refractivity (Wildman–Crippen MR) is 72.9 cm³/mol. The van der Waals surface area contributed by atoms with E-state index < -0.39 is 0 Å². The van der Waals surface area contributed by atoms with Crippen LogP contribution in [0.2, 0.25) is 0 Å². The molecule has 1 aromatic rings. The second-order valence-corrected chi connectivity index (χ2v) is 5.41. The summed E-state index contributed by atoms with van der Waals surface area (Å²) in [5.41, 5.74) is 3.65. The molecule has 0 spiro atoms. The quantitative estimate of drug-likeness (QED) is 0.859. The van der Waals surface area contributed by atoms with Crippen LogP contribution in [0.4, 0.5) is 0 Å². The first-order chi connectivity index (χ1) is 9.10. The van der Waals surface area contributed by atoms with Gasteiger partial charge >= 0.3 is 0 Å². The molecular formula is C12H16N4O2S. The van der Waals surface area contributed by atoms with Crippen molar-refractivity contribution in [2.75, 3.05) is 0 Å². The van der Waals surface area contributed by atoms with Crippen molar-refractivity contribution in [2.45, 2.75) is 39.7 Å². The third-order valence-electron chi connectivity index (χ3n) is 2.82. The molecule has 1 aliphatic heterocycles. The van der Waals surface area contributed by atoms with Crippen LogP contribution >= 0.6 is 11.3 Å². The molecule has 0 aromatic carbocycles. The van der Waals surface area contributed by atoms with Crippen molar-refractivity contribution in [2.24, 2.45) is 5.10 Å². The maximum atomic E-state index is 11.9. The molecule has 0 unspecified atom stereocenters. The zero-order valence-electron chi connectivity index (χ0n) is 10.9. The van der Waals surface area contributed by atoms with Crippen LogP contribution in [0.25, 0.3) is 0 Å². The summed E-state index contributed by atoms with van der Waals surface area (Å²) in [5, 5.41) is 7.64. The van der Waals surface area contributed by atoms with Gasteiger partial charge in [-0.2, -0.15) is 5.10 Å². The summed E-state index contributed by atoms with van der Waals surface area (Å²) in [6, 6.07) is 0. The van der Waals surface area contributed by atoms with Gasteiger partial charge in [-0.1, -0.05) is 6.92 Å². The summed E-state index contributed by atoms with van der Waals surface area (Å²) in [5.74, 6) is -0.381. The third kappa shape index (κ3) is 3.37. The van der Waals surface area contributed by atoms with Gasteiger partial charge in [0.15, 0.2) is 0 Å². The maximum Gasteiger partial charge on any atom is 0.267 e. The van der Waals surface area contributed by atoms with Crippen LogP contribution in [0.5, 0.6) is 0 Å². The van der Waals surface area contributed by atoms with E-state index in [2.05, 4.69) is 27.8 Å². The van der Waals surface area contributed by atoms with Crippen molar-refractivity contribution in [3.63, 3.8) is 0 Å². The van der Waals surface area contributed by atoms with E-state index in [0.29, 0.717) is 25.1 Å². The molecule has 102 valence electrons. The molecule has 2 N–H and O–H groups in total. The monoisotopic (exact) mass is 280 g/mol. The fourth-order valence-electron chi connectivity index (χ4n) is 1.70. The summed E-state index contributed by atoms with van der Waals surface area (Å²) in [6.07, 6.45) is 1.60. The average molecular weight is 280 g/mol. The predicted octanol–water partition coefficient (Wildman–Crippen LogP) is 0.896. The number of nitrogens with zero attached hydrogens (tertiary/aromatic N) is 2. The first-order valence-corrected chi connectivity index (χ1v) is 7.00. The smallest absolute Gasteiger partial charge is 0.267 e. The molecule has 1 aromatic heterocycles. The topological polar surface area (TPSA) is 83.4 Å². The van der Waals surface area contributed by atoms with Crippen molar-refractivity contribution in [3.8, 4) is 0 Å². The molecule has 0 saturated heterocycles. The Morgan fingerprint density at radius 3 is 2.84 bits per heavy atom. The van der Waals surface area contributed by atoms with Crippen molar-refractivity contribution < 1.29 is 9.59 Å². The lowest BCUT2D eigenvalue weighted by Gasteiger charge is -2.11. The molecule has 0 radical (unpaired) electrons. The van der Waals surface area contributed by atoms with Gasteiger partial charge in [-0.05, 0) is 13.3 Å². The van der Waals surface area contributed by atoms with E-state index in [0.717, 1.165) is 22.0 Å². The maximum absolute atomic E-state index is 11.9. The Balaban J connectivity index is 1.93. The van der Waals surface area contributed by atoms with Gasteiger partial charge in [0.1, 0.15) is 5.71 Å². The highest BCUT2D eigenvalue weighted by molar-refractivity contribution is 7.11. The van der Waals surface area contributed by atoms with Crippen molar-refractivity contribution in [1.29, 1.82) is 0 Å². The summed E-state index contributed by atoms with van der Waals surface area (Å²) < 4.78 is 0. The second-order valence-electron chi connectivity index (χ2n) is 4.25. The van der Waals surface area contributed by atoms with Crippen LogP contribution in [0, 0.1) is 6.92 Å². The molecule has 0 atom stereocenters. The second kappa shape index (κ2) is 5.92. The van der Waals surface area contributed by atoms with Crippen LogP contribution in [0.3, 0.4) is 0 Å². The lowest BCUT2D eigenvalue weighted by atomic mass is 10.1. The Hall–Kier alpha value is -1.76. The van der Waals surface area contributed by atoms with Gasteiger partial charge < -0.3 is 5.32 Å². The Bertz CT molecular complexity index is 536. The van der Waals surface area contributed by atoms with Crippen LogP contribution in [0.15, 0.2) is 5.10 Å². The Labute approximate surface area is 115 Å². The Morgan fingerprint density at radius 1 is 1.47 bits per heavy atom. The van der Waals surface area contributed by atoms with Crippen LogP contribution in [-0.2, 0) is 22.6 Å². The van der Waals surface area contributed by atoms with E-state index >= 15 is 0 Å². The van der Waals surface area contributed by atoms with Gasteiger partial charge in [0.25, 0.3) is 5.91 Å². The minimum absolute atomic E-state index is 0.151. The molecule has 2 heterocycles. The number of carbonyl (C=O) groups excluding carboxylic acids is 2. The molecule has 0 fully saturated rings. The molecule has 0 bridgehead atoms. The summed E-state index contributed by atoms with van der Waals surface area (Å²) in [6.45, 7) is 4.45. The fourth-order valence-corrected chi connectivity index (χ4v) is 2.65. The van der Waals surface area contributed by atoms with Gasteiger partial charge in [-0.15, -0.1) is 11.3 Å². The standard InChI is InChI=1S/C12H16N4O2S/c1-3-11-14-7(2)9(19-11)6-13-12(18)8-4-5-10(17)16-15-8/h3-6H2,1-2H3,(H,13,18)(H,16,17). The summed E-state index contributed by atoms with van der Waals surface area (Å²) in [4.78, 5) is 28.3. The van der Waals surface area contributed by atoms with Crippen LogP contribution in [0.1, 0.15) is 35.3 Å². The van der Waals surface area contributed by atoms with Crippen molar-refractivity contribution in [3.05, 3.63) is 15.6 Å². The zero-order valence-corrected chi connectivity index (χ0v) is 11.8. The van der Waals surface area contributed by atoms with Gasteiger partial charge in [0.2, 0.25) is 5.91 Å². The van der Waals surface area contributed by atoms with Gasteiger partial charge in [-0.25, -0.2) is 10.4 Å². The number of nitrogens with one attached hydrogen (secondary N) is 2. The molecule has 19 heavy (non-hydrogen) atoms. The van der Waals surface area contributed by atoms with E-state index in [1.54, 1.807) is 11.3 Å². The van der Waals surface area contributed by atoms with E-state index in [1.165, 1.54) is 0 Å². The molecular weight excluding hydrogens is 264 g/mol. The molecule has 0 aliphatic carbocycles. The number of aryl methyl sites for hydroxylation is 2. The first-order valence-electron chi connectivity index (χ1n) is 6.19. The van der Waals surface area contributed by atoms with Gasteiger partial charge in [-0.3, -0.25) is 9.59 Å². The Morgan fingerprint density at radius 2 is 2.26 bits per heavy atom. The zero-order chi connectivity index (χ0) is 13.8. The summed E-state index contributed by atoms with van der Waals surface area (Å²) >= 11 is 1.61. The number of rotatable bonds is 4. The molecule has 6 nitrogen and oxygen atoms in total. The van der Waals surface area contributed by atoms with Gasteiger partial charge in [0.05, 0.1) is 17.2 Å². The molecule has 2 amide bonds. The molecule has 1 aliphatic rings. The molecule has 2 rings (SSSR count). The highest BCUT2D eigenvalue weighted by atomic mass is 32.1. The van der Waals surface area contributed by atoms with E-state index in [9.17, 15) is 9.59 Å². The normalized spacial score (nSPS) is 14.8. The number of hydrogen-bond acceptors (Lipinski definition) is 5. The SMILES string of the molecule is CCc1nc(C)c(CNC(=O)C2=NNC(=O)CC2)s1. The molecule has 0 saturated carbocycles. The highest BCUT2D eigenvalue weighted by Crippen LogP contribution is 2.18. The lowest BCUT2D eigenvalue weighted by molar-refractivity contribution is -0.121. The lowest BCUT2D eigenvalue weighted by Crippen LogP contribution is -2.36. The molecule has 7 heteroatoms. The van der Waals surface area contributed by atoms with Crippen molar-refractivity contribution >= 4 is 28.9 Å². The Kier molecular flexibility index (Phi) is 4.26. The van der Waals surface area contributed by atoms with E-state index in [4.69, 9.17) is 0 Å². The number of thiazole rings is 1. The number of aromatic nitrogens is 1. The largest absolute Gasteiger partial charge is 0.346 e. The highest BCUT2D eigenvalue weighted by Gasteiger charge is 2.18. The minimum Gasteiger partial charge on any atom is -0.346 e. The number of hydrogen-bond donors (Lipinski definition) is 2. The van der Waals surface area contributed by atoms with Gasteiger partial charge in [0, 0.05) is 17.7 Å². The van der Waals surface area contributed by atoms with Crippen LogP contribution in [-0.4, -0.2) is 22.5 Å². The third-order valence-corrected chi connectivity index (χ3v) is 4.12. The number of amides is 2. The number of carbonyl (C=O) groups is 2. The minimum atomic E-state index is -0.231. The van der Waals surface area contributed by atoms with Crippen LogP contribution < -0.4 is 10.7 Å². The van der Waals surface area contributed by atoms with Crippen molar-refractivity contribution in [1.82, 2.24) is 15.7 Å².